The summed E-state index contributed by atoms with van der Waals surface area (Å²) in [7, 11) is 1.45. The van der Waals surface area contributed by atoms with E-state index in [1.807, 2.05) is 35.1 Å². The van der Waals surface area contributed by atoms with E-state index < -0.39 is 0 Å². The second kappa shape index (κ2) is 12.7. The van der Waals surface area contributed by atoms with Gasteiger partial charge in [0.15, 0.2) is 0 Å². The van der Waals surface area contributed by atoms with Crippen LogP contribution < -0.4 is 10.8 Å². The minimum atomic E-state index is -0.217. The molecular formula is C27H38N6O4S. The van der Waals surface area contributed by atoms with Crippen LogP contribution in [0.3, 0.4) is 0 Å². The predicted molar refractivity (Wildman–Crippen MR) is 146 cm³/mol. The van der Waals surface area contributed by atoms with Crippen LogP contribution >= 0.6 is 11.3 Å². The molecule has 0 unspecified atom stereocenters. The molecule has 206 valence electrons. The molecular weight excluding hydrogens is 504 g/mol. The summed E-state index contributed by atoms with van der Waals surface area (Å²) in [5.74, 6) is -0.240. The monoisotopic (exact) mass is 542 g/mol. The third kappa shape index (κ3) is 6.33. The van der Waals surface area contributed by atoms with Gasteiger partial charge in [0.1, 0.15) is 5.69 Å². The van der Waals surface area contributed by atoms with E-state index in [4.69, 9.17) is 4.84 Å². The van der Waals surface area contributed by atoms with E-state index in [1.54, 1.807) is 24.3 Å². The van der Waals surface area contributed by atoms with Crippen LogP contribution in [0.2, 0.25) is 0 Å². The van der Waals surface area contributed by atoms with Gasteiger partial charge in [0.25, 0.3) is 11.8 Å². The van der Waals surface area contributed by atoms with Gasteiger partial charge < -0.3 is 15.1 Å². The van der Waals surface area contributed by atoms with Crippen molar-refractivity contribution in [1.29, 1.82) is 0 Å². The van der Waals surface area contributed by atoms with Crippen LogP contribution in [-0.4, -0.2) is 89.4 Å². The molecule has 0 aliphatic carbocycles. The molecule has 38 heavy (non-hydrogen) atoms. The van der Waals surface area contributed by atoms with Crippen molar-refractivity contribution in [3.8, 4) is 0 Å². The molecule has 4 rings (SSSR count). The summed E-state index contributed by atoms with van der Waals surface area (Å²) in [6.45, 7) is 9.89. The topological polar surface area (TPSA) is 107 Å². The van der Waals surface area contributed by atoms with Gasteiger partial charge in [0, 0.05) is 51.4 Å². The molecule has 0 bridgehead atoms. The number of carbonyl (C=O) groups excluding carboxylic acids is 3. The van der Waals surface area contributed by atoms with Gasteiger partial charge in [-0.05, 0) is 67.1 Å². The van der Waals surface area contributed by atoms with Gasteiger partial charge in [0.05, 0.1) is 18.4 Å². The number of hydroxylamine groups is 1. The van der Waals surface area contributed by atoms with Crippen LogP contribution in [-0.2, 0) is 11.4 Å². The molecule has 2 N–H and O–H groups in total. The third-order valence-electron chi connectivity index (χ3n) is 7.37. The first-order valence-corrected chi connectivity index (χ1v) is 14.2. The van der Waals surface area contributed by atoms with Gasteiger partial charge in [0.2, 0.25) is 0 Å². The zero-order valence-corrected chi connectivity index (χ0v) is 23.5. The Bertz CT molecular complexity index is 1100. The number of nitrogens with one attached hydrogen (secondary N) is 2. The minimum Gasteiger partial charge on any atom is -0.351 e. The lowest BCUT2D eigenvalue weighted by Gasteiger charge is -2.48. The Morgan fingerprint density at radius 3 is 2.55 bits per heavy atom. The van der Waals surface area contributed by atoms with Crippen molar-refractivity contribution in [2.24, 2.45) is 0 Å². The van der Waals surface area contributed by atoms with Crippen molar-refractivity contribution in [2.45, 2.75) is 58.7 Å². The Morgan fingerprint density at radius 1 is 1.21 bits per heavy atom. The molecule has 4 amide bonds. The summed E-state index contributed by atoms with van der Waals surface area (Å²) in [6, 6.07) is 3.97. The number of pyridine rings is 1. The summed E-state index contributed by atoms with van der Waals surface area (Å²) < 4.78 is 0. The van der Waals surface area contributed by atoms with Gasteiger partial charge in [-0.1, -0.05) is 6.92 Å². The van der Waals surface area contributed by atoms with Crippen molar-refractivity contribution >= 4 is 29.2 Å². The van der Waals surface area contributed by atoms with Crippen molar-refractivity contribution in [2.75, 3.05) is 39.8 Å². The maximum Gasteiger partial charge on any atom is 0.341 e. The van der Waals surface area contributed by atoms with Gasteiger partial charge in [-0.25, -0.2) is 15.3 Å². The third-order valence-corrected chi connectivity index (χ3v) is 8.10. The van der Waals surface area contributed by atoms with Crippen LogP contribution in [0.15, 0.2) is 22.9 Å². The molecule has 0 aromatic carbocycles. The first-order chi connectivity index (χ1) is 18.3. The molecule has 0 radical (unpaired) electrons. The molecule has 2 aliphatic rings. The lowest BCUT2D eigenvalue weighted by Crippen LogP contribution is -2.63. The van der Waals surface area contributed by atoms with Crippen LogP contribution in [0.1, 0.15) is 63.9 Å². The molecule has 2 aromatic heterocycles. The number of piperidine rings is 1. The van der Waals surface area contributed by atoms with E-state index in [0.29, 0.717) is 49.2 Å². The fourth-order valence-electron chi connectivity index (χ4n) is 5.27. The summed E-state index contributed by atoms with van der Waals surface area (Å²) in [5, 5.41) is 6.92. The zero-order chi connectivity index (χ0) is 27.2. The van der Waals surface area contributed by atoms with Crippen molar-refractivity contribution in [1.82, 2.24) is 30.5 Å². The number of aryl methyl sites for hydroxylation is 2. The number of likely N-dealkylation sites (tertiary alicyclic amines) is 2. The first kappa shape index (κ1) is 28.0. The fraction of sp³-hybridized carbons (Fsp3) is 0.556. The lowest BCUT2D eigenvalue weighted by molar-refractivity contribution is 0.00705. The minimum absolute atomic E-state index is 0.0303. The second-order valence-electron chi connectivity index (χ2n) is 10.0. The Morgan fingerprint density at radius 2 is 1.95 bits per heavy atom. The highest BCUT2D eigenvalue weighted by atomic mass is 32.1. The highest BCUT2D eigenvalue weighted by Crippen LogP contribution is 2.26. The number of urea groups is 1. The molecule has 11 heteroatoms. The maximum atomic E-state index is 13.3. The van der Waals surface area contributed by atoms with E-state index in [2.05, 4.69) is 26.1 Å². The quantitative estimate of drug-likeness (QED) is 0.472. The normalized spacial score (nSPS) is 16.7. The van der Waals surface area contributed by atoms with Crippen molar-refractivity contribution in [3.05, 3.63) is 51.0 Å². The summed E-state index contributed by atoms with van der Waals surface area (Å²) in [4.78, 5) is 53.7. The van der Waals surface area contributed by atoms with E-state index in [1.165, 1.54) is 7.11 Å². The fourth-order valence-corrected chi connectivity index (χ4v) is 5.92. The molecule has 2 fully saturated rings. The van der Waals surface area contributed by atoms with Gasteiger partial charge >= 0.3 is 6.03 Å². The van der Waals surface area contributed by atoms with Crippen molar-refractivity contribution < 1.29 is 19.2 Å². The average Bonchev–Trinajstić information content (AvgIpc) is 3.38. The summed E-state index contributed by atoms with van der Waals surface area (Å²) >= 11 is 1.62. The number of carbonyl (C=O) groups is 3. The molecule has 4 heterocycles. The van der Waals surface area contributed by atoms with Crippen LogP contribution in [0, 0.1) is 13.8 Å². The number of hydrogen-bond acceptors (Lipinski definition) is 7. The lowest BCUT2D eigenvalue weighted by atomic mass is 9.97. The SMILES string of the molecule is CCCNC(=O)c1cc(C)c(C(=O)N2CC(N3CCC(N(Cc4ccsc4)C(=O)NOC)CC3)C2)c(C)n1. The van der Waals surface area contributed by atoms with Crippen LogP contribution in [0.25, 0.3) is 0 Å². The van der Waals surface area contributed by atoms with E-state index in [9.17, 15) is 14.4 Å². The number of nitrogens with zero attached hydrogens (tertiary/aromatic N) is 4. The summed E-state index contributed by atoms with van der Waals surface area (Å²) in [6.07, 6.45) is 2.59. The number of hydrogen-bond donors (Lipinski definition) is 2. The molecule has 2 aromatic rings. The Kier molecular flexibility index (Phi) is 9.35. The largest absolute Gasteiger partial charge is 0.351 e. The van der Waals surface area contributed by atoms with Crippen LogP contribution in [0.5, 0.6) is 0 Å². The van der Waals surface area contributed by atoms with E-state index >= 15 is 0 Å². The number of aromatic nitrogens is 1. The molecule has 0 saturated carbocycles. The number of thiophene rings is 1. The smallest absolute Gasteiger partial charge is 0.341 e. The van der Waals surface area contributed by atoms with Crippen LogP contribution in [0.4, 0.5) is 4.79 Å². The Hall–Kier alpha value is -3.02. The zero-order valence-electron chi connectivity index (χ0n) is 22.7. The first-order valence-electron chi connectivity index (χ1n) is 13.2. The molecule has 2 saturated heterocycles. The summed E-state index contributed by atoms with van der Waals surface area (Å²) in [5.41, 5.74) is 5.89. The van der Waals surface area contributed by atoms with Gasteiger partial charge in [-0.2, -0.15) is 11.3 Å². The highest BCUT2D eigenvalue weighted by molar-refractivity contribution is 7.07. The predicted octanol–water partition coefficient (Wildman–Crippen LogP) is 2.96. The number of amides is 4. The number of rotatable bonds is 9. The van der Waals surface area contributed by atoms with E-state index in [0.717, 1.165) is 43.5 Å². The molecule has 10 nitrogen and oxygen atoms in total. The van der Waals surface area contributed by atoms with Gasteiger partial charge in [-0.3, -0.25) is 19.3 Å². The highest BCUT2D eigenvalue weighted by Gasteiger charge is 2.39. The molecule has 0 atom stereocenters. The standard InChI is InChI=1S/C27H38N6O4S/c1-5-9-28-25(34)23-13-18(2)24(19(3)29-23)26(35)32-15-22(16-32)31-10-6-21(7-11-31)33(27(36)30-37-4)14-20-8-12-38-17-20/h8,12-13,17,21-22H,5-7,9-11,14-16H2,1-4H3,(H,28,34)(H,30,36). The maximum absolute atomic E-state index is 13.3. The van der Waals surface area contributed by atoms with E-state index in [-0.39, 0.29) is 23.9 Å². The average molecular weight is 543 g/mol. The Balaban J connectivity index is 1.31. The van der Waals surface area contributed by atoms with Gasteiger partial charge in [-0.15, -0.1) is 0 Å². The second-order valence-corrected chi connectivity index (χ2v) is 10.8. The molecule has 2 aliphatic heterocycles. The van der Waals surface area contributed by atoms with Crippen molar-refractivity contribution in [3.63, 3.8) is 0 Å². The Labute approximate surface area is 228 Å². The molecule has 0 spiro atoms.